The van der Waals surface area contributed by atoms with E-state index >= 15 is 0 Å². The van der Waals surface area contributed by atoms with Gasteiger partial charge in [-0.25, -0.2) is 0 Å². The summed E-state index contributed by atoms with van der Waals surface area (Å²) in [6, 6.07) is 15.2. The molecular formula is C18H18N4O5. The zero-order valence-corrected chi connectivity index (χ0v) is 14.3. The first-order valence-electron chi connectivity index (χ1n) is 8.06. The SMILES string of the molecule is O=C(/C=N\OCC(=O)NCCc1ccccc1)Nc1cccc([N+](=O)[O-])c1. The summed E-state index contributed by atoms with van der Waals surface area (Å²) in [6.07, 6.45) is 1.54. The fourth-order valence-electron chi connectivity index (χ4n) is 2.09. The largest absolute Gasteiger partial charge is 0.386 e. The molecule has 0 aliphatic carbocycles. The zero-order valence-electron chi connectivity index (χ0n) is 14.3. The average molecular weight is 370 g/mol. The van der Waals surface area contributed by atoms with Crippen molar-refractivity contribution in [2.75, 3.05) is 18.5 Å². The van der Waals surface area contributed by atoms with E-state index in [0.717, 1.165) is 11.8 Å². The van der Waals surface area contributed by atoms with Crippen molar-refractivity contribution in [3.05, 3.63) is 70.3 Å². The summed E-state index contributed by atoms with van der Waals surface area (Å²) < 4.78 is 0. The van der Waals surface area contributed by atoms with Gasteiger partial charge in [-0.3, -0.25) is 19.7 Å². The van der Waals surface area contributed by atoms with E-state index in [1.165, 1.54) is 24.3 Å². The van der Waals surface area contributed by atoms with Crippen LogP contribution in [0.2, 0.25) is 0 Å². The molecular weight excluding hydrogens is 352 g/mol. The Bertz CT molecular complexity index is 824. The van der Waals surface area contributed by atoms with Crippen LogP contribution < -0.4 is 10.6 Å². The molecule has 0 fully saturated rings. The van der Waals surface area contributed by atoms with Crippen LogP contribution in [0.4, 0.5) is 11.4 Å². The summed E-state index contributed by atoms with van der Waals surface area (Å²) in [5.41, 5.74) is 1.21. The molecule has 0 heterocycles. The third kappa shape index (κ3) is 7.34. The molecule has 0 saturated heterocycles. The topological polar surface area (TPSA) is 123 Å². The van der Waals surface area contributed by atoms with E-state index < -0.39 is 10.8 Å². The molecule has 0 aliphatic rings. The van der Waals surface area contributed by atoms with Gasteiger partial charge >= 0.3 is 0 Å². The van der Waals surface area contributed by atoms with Gasteiger partial charge in [-0.15, -0.1) is 0 Å². The molecule has 2 aromatic carbocycles. The van der Waals surface area contributed by atoms with Gasteiger partial charge in [-0.1, -0.05) is 41.6 Å². The maximum absolute atomic E-state index is 11.7. The van der Waals surface area contributed by atoms with Crippen LogP contribution >= 0.6 is 0 Å². The highest BCUT2D eigenvalue weighted by Crippen LogP contribution is 2.16. The van der Waals surface area contributed by atoms with E-state index in [9.17, 15) is 19.7 Å². The summed E-state index contributed by atoms with van der Waals surface area (Å²) in [5, 5.41) is 19.2. The lowest BCUT2D eigenvalue weighted by atomic mass is 10.1. The Morgan fingerprint density at radius 1 is 1.15 bits per heavy atom. The quantitative estimate of drug-likeness (QED) is 0.396. The molecule has 2 aromatic rings. The smallest absolute Gasteiger partial charge is 0.271 e. The number of anilines is 1. The lowest BCUT2D eigenvalue weighted by Crippen LogP contribution is -2.29. The molecule has 0 radical (unpaired) electrons. The van der Waals surface area contributed by atoms with Crippen molar-refractivity contribution in [1.29, 1.82) is 0 Å². The number of nitrogens with zero attached hydrogens (tertiary/aromatic N) is 2. The number of amides is 2. The zero-order chi connectivity index (χ0) is 19.5. The number of benzene rings is 2. The molecule has 2 rings (SSSR count). The first-order valence-corrected chi connectivity index (χ1v) is 8.06. The monoisotopic (exact) mass is 370 g/mol. The Hall–Kier alpha value is -3.75. The van der Waals surface area contributed by atoms with Crippen LogP contribution in [0.3, 0.4) is 0 Å². The van der Waals surface area contributed by atoms with E-state index in [-0.39, 0.29) is 23.9 Å². The van der Waals surface area contributed by atoms with Gasteiger partial charge in [0.05, 0.1) is 4.92 Å². The minimum atomic E-state index is -0.639. The first-order chi connectivity index (χ1) is 13.0. The molecule has 2 amide bonds. The molecule has 0 unspecified atom stereocenters. The lowest BCUT2D eigenvalue weighted by Gasteiger charge is -2.04. The fraction of sp³-hybridized carbons (Fsp3) is 0.167. The van der Waals surface area contributed by atoms with Crippen LogP contribution in [0.15, 0.2) is 59.8 Å². The normalized spacial score (nSPS) is 10.4. The van der Waals surface area contributed by atoms with Crippen LogP contribution in [-0.2, 0) is 20.8 Å². The Labute approximate surface area is 155 Å². The Balaban J connectivity index is 1.66. The van der Waals surface area contributed by atoms with E-state index in [4.69, 9.17) is 4.84 Å². The Kier molecular flexibility index (Phi) is 7.46. The summed E-state index contributed by atoms with van der Waals surface area (Å²) >= 11 is 0. The standard InChI is InChI=1S/C18H18N4O5/c23-17(21-15-7-4-8-16(11-15)22(25)26)12-20-27-13-18(24)19-10-9-14-5-2-1-3-6-14/h1-8,11-12H,9-10,13H2,(H,19,24)(H,21,23)/b20-12-. The van der Waals surface area contributed by atoms with Crippen molar-refractivity contribution in [1.82, 2.24) is 5.32 Å². The molecule has 2 N–H and O–H groups in total. The second-order valence-corrected chi connectivity index (χ2v) is 5.39. The first kappa shape index (κ1) is 19.6. The van der Waals surface area contributed by atoms with Gasteiger partial charge in [0, 0.05) is 24.4 Å². The molecule has 140 valence electrons. The van der Waals surface area contributed by atoms with Gasteiger partial charge in [-0.2, -0.15) is 0 Å². The highest BCUT2D eigenvalue weighted by molar-refractivity contribution is 6.31. The van der Waals surface area contributed by atoms with Crippen molar-refractivity contribution in [2.24, 2.45) is 5.16 Å². The Morgan fingerprint density at radius 2 is 1.93 bits per heavy atom. The number of rotatable bonds is 9. The van der Waals surface area contributed by atoms with Crippen molar-refractivity contribution in [3.8, 4) is 0 Å². The van der Waals surface area contributed by atoms with Crippen LogP contribution in [0.5, 0.6) is 0 Å². The minimum Gasteiger partial charge on any atom is -0.386 e. The van der Waals surface area contributed by atoms with Gasteiger partial charge in [0.25, 0.3) is 17.5 Å². The summed E-state index contributed by atoms with van der Waals surface area (Å²) in [4.78, 5) is 38.1. The van der Waals surface area contributed by atoms with Crippen LogP contribution in [-0.4, -0.2) is 36.1 Å². The highest BCUT2D eigenvalue weighted by Gasteiger charge is 2.07. The number of hydrogen-bond acceptors (Lipinski definition) is 6. The second-order valence-electron chi connectivity index (χ2n) is 5.39. The minimum absolute atomic E-state index is 0.145. The van der Waals surface area contributed by atoms with Gasteiger partial charge in [0.1, 0.15) is 6.21 Å². The van der Waals surface area contributed by atoms with Gasteiger partial charge < -0.3 is 15.5 Å². The van der Waals surface area contributed by atoms with E-state index in [1.54, 1.807) is 0 Å². The number of carbonyl (C=O) groups excluding carboxylic acids is 2. The number of non-ortho nitro benzene ring substituents is 1. The van der Waals surface area contributed by atoms with Crippen LogP contribution in [0.25, 0.3) is 0 Å². The summed E-state index contributed by atoms with van der Waals surface area (Å²) in [7, 11) is 0. The predicted molar refractivity (Wildman–Crippen MR) is 99.3 cm³/mol. The van der Waals surface area contributed by atoms with Crippen molar-refractivity contribution in [3.63, 3.8) is 0 Å². The second kappa shape index (κ2) is 10.3. The molecule has 9 nitrogen and oxygen atoms in total. The molecule has 0 bridgehead atoms. The number of nitro groups is 1. The average Bonchev–Trinajstić information content (AvgIpc) is 2.66. The number of oxime groups is 1. The molecule has 0 saturated carbocycles. The van der Waals surface area contributed by atoms with E-state index in [2.05, 4.69) is 15.8 Å². The molecule has 0 aliphatic heterocycles. The number of nitro benzene ring substituents is 1. The van der Waals surface area contributed by atoms with E-state index in [0.29, 0.717) is 13.0 Å². The van der Waals surface area contributed by atoms with Gasteiger partial charge in [0.15, 0.2) is 6.61 Å². The fourth-order valence-corrected chi connectivity index (χ4v) is 2.09. The van der Waals surface area contributed by atoms with Crippen molar-refractivity contribution < 1.29 is 19.3 Å². The van der Waals surface area contributed by atoms with Crippen LogP contribution in [0, 0.1) is 10.1 Å². The summed E-state index contributed by atoms with van der Waals surface area (Å²) in [5.74, 6) is -0.998. The molecule has 0 spiro atoms. The van der Waals surface area contributed by atoms with Crippen molar-refractivity contribution in [2.45, 2.75) is 6.42 Å². The third-order valence-corrected chi connectivity index (χ3v) is 3.34. The van der Waals surface area contributed by atoms with Gasteiger partial charge in [-0.05, 0) is 18.1 Å². The molecule has 27 heavy (non-hydrogen) atoms. The number of nitrogens with one attached hydrogen (secondary N) is 2. The van der Waals surface area contributed by atoms with Crippen molar-refractivity contribution >= 4 is 29.4 Å². The molecule has 0 atom stereocenters. The summed E-state index contributed by atoms with van der Waals surface area (Å²) in [6.45, 7) is 0.137. The predicted octanol–water partition coefficient (Wildman–Crippen LogP) is 1.89. The maximum Gasteiger partial charge on any atom is 0.271 e. The number of carbonyl (C=O) groups is 2. The maximum atomic E-state index is 11.7. The van der Waals surface area contributed by atoms with Gasteiger partial charge in [0.2, 0.25) is 0 Å². The lowest BCUT2D eigenvalue weighted by molar-refractivity contribution is -0.384. The highest BCUT2D eigenvalue weighted by atomic mass is 16.6. The third-order valence-electron chi connectivity index (χ3n) is 3.34. The molecule has 0 aromatic heterocycles. The molecule has 9 heteroatoms. The number of hydrogen-bond donors (Lipinski definition) is 2. The van der Waals surface area contributed by atoms with Crippen LogP contribution in [0.1, 0.15) is 5.56 Å². The van der Waals surface area contributed by atoms with E-state index in [1.807, 2.05) is 30.3 Å². The Morgan fingerprint density at radius 3 is 2.67 bits per heavy atom.